The summed E-state index contributed by atoms with van der Waals surface area (Å²) in [6.45, 7) is 4.59. The van der Waals surface area contributed by atoms with Crippen LogP contribution in [0.15, 0.2) is 22.7 Å². The van der Waals surface area contributed by atoms with Crippen molar-refractivity contribution in [1.29, 1.82) is 0 Å². The van der Waals surface area contributed by atoms with Crippen LogP contribution in [0.2, 0.25) is 0 Å². The van der Waals surface area contributed by atoms with Crippen molar-refractivity contribution in [1.82, 2.24) is 10.2 Å². The number of halogens is 2. The van der Waals surface area contributed by atoms with Crippen molar-refractivity contribution in [3.05, 3.63) is 34.1 Å². The lowest BCUT2D eigenvalue weighted by atomic mass is 10.2. The molecule has 0 spiro atoms. The Morgan fingerprint density at radius 1 is 1.37 bits per heavy atom. The molecule has 1 N–H and O–H groups in total. The first-order valence-electron chi connectivity index (χ1n) is 6.19. The van der Waals surface area contributed by atoms with E-state index >= 15 is 0 Å². The summed E-state index contributed by atoms with van der Waals surface area (Å²) in [5.41, 5.74) is 0.328. The van der Waals surface area contributed by atoms with Crippen molar-refractivity contribution in [3.63, 3.8) is 0 Å². The quantitative estimate of drug-likeness (QED) is 0.912. The SMILES string of the molecule is O=C(NCCN1CCOCC1)c1cc(F)cc(Br)c1. The van der Waals surface area contributed by atoms with Crippen LogP contribution in [0.4, 0.5) is 4.39 Å². The number of morpholine rings is 1. The molecule has 1 aromatic carbocycles. The number of carbonyl (C=O) groups is 1. The van der Waals surface area contributed by atoms with E-state index in [-0.39, 0.29) is 5.91 Å². The van der Waals surface area contributed by atoms with Gasteiger partial charge in [0.15, 0.2) is 0 Å². The highest BCUT2D eigenvalue weighted by Gasteiger charge is 2.11. The second-order valence-electron chi connectivity index (χ2n) is 4.37. The summed E-state index contributed by atoms with van der Waals surface area (Å²) in [5, 5.41) is 2.79. The zero-order chi connectivity index (χ0) is 13.7. The van der Waals surface area contributed by atoms with Crippen LogP contribution in [0, 0.1) is 5.82 Å². The topological polar surface area (TPSA) is 41.6 Å². The Hall–Kier alpha value is -0.980. The fourth-order valence-corrected chi connectivity index (χ4v) is 2.40. The molecule has 1 aliphatic rings. The van der Waals surface area contributed by atoms with Gasteiger partial charge in [0.05, 0.1) is 13.2 Å². The third-order valence-corrected chi connectivity index (χ3v) is 3.40. The standard InChI is InChI=1S/C13H16BrFN2O2/c14-11-7-10(8-12(15)9-11)13(18)16-1-2-17-3-5-19-6-4-17/h7-9H,1-6H2,(H,16,18). The van der Waals surface area contributed by atoms with E-state index in [4.69, 9.17) is 4.74 Å². The van der Waals surface area contributed by atoms with Gasteiger partial charge in [-0.3, -0.25) is 9.69 Å². The summed E-state index contributed by atoms with van der Waals surface area (Å²) in [5.74, 6) is -0.679. The second kappa shape index (κ2) is 6.98. The van der Waals surface area contributed by atoms with Gasteiger partial charge >= 0.3 is 0 Å². The fourth-order valence-electron chi connectivity index (χ4n) is 1.94. The van der Waals surface area contributed by atoms with E-state index < -0.39 is 5.82 Å². The van der Waals surface area contributed by atoms with Gasteiger partial charge in [-0.25, -0.2) is 4.39 Å². The highest BCUT2D eigenvalue weighted by atomic mass is 79.9. The molecule has 0 aromatic heterocycles. The van der Waals surface area contributed by atoms with E-state index in [2.05, 4.69) is 26.1 Å². The van der Waals surface area contributed by atoms with Gasteiger partial charge in [0.2, 0.25) is 0 Å². The zero-order valence-corrected chi connectivity index (χ0v) is 12.1. The maximum absolute atomic E-state index is 13.2. The van der Waals surface area contributed by atoms with E-state index in [1.54, 1.807) is 6.07 Å². The summed E-state index contributed by atoms with van der Waals surface area (Å²) < 4.78 is 19.0. The van der Waals surface area contributed by atoms with Crippen molar-refractivity contribution in [2.75, 3.05) is 39.4 Å². The Kier molecular flexibility index (Phi) is 5.30. The first-order chi connectivity index (χ1) is 9.15. The van der Waals surface area contributed by atoms with Crippen LogP contribution in [0.3, 0.4) is 0 Å². The predicted molar refractivity (Wildman–Crippen MR) is 73.7 cm³/mol. The van der Waals surface area contributed by atoms with Gasteiger partial charge in [0.1, 0.15) is 5.82 Å². The van der Waals surface area contributed by atoms with Gasteiger partial charge in [-0.2, -0.15) is 0 Å². The van der Waals surface area contributed by atoms with Crippen molar-refractivity contribution < 1.29 is 13.9 Å². The molecule has 0 unspecified atom stereocenters. The third kappa shape index (κ3) is 4.56. The van der Waals surface area contributed by atoms with Crippen LogP contribution in [0.25, 0.3) is 0 Å². The van der Waals surface area contributed by atoms with Crippen LogP contribution in [-0.4, -0.2) is 50.2 Å². The van der Waals surface area contributed by atoms with Gasteiger partial charge in [-0.05, 0) is 18.2 Å². The summed E-state index contributed by atoms with van der Waals surface area (Å²) in [6, 6.07) is 4.16. The molecule has 0 saturated carbocycles. The summed E-state index contributed by atoms with van der Waals surface area (Å²) in [4.78, 5) is 14.1. The van der Waals surface area contributed by atoms with Crippen molar-refractivity contribution in [3.8, 4) is 0 Å². The van der Waals surface area contributed by atoms with E-state index in [0.29, 0.717) is 16.6 Å². The molecular formula is C13H16BrFN2O2. The maximum Gasteiger partial charge on any atom is 0.251 e. The minimum Gasteiger partial charge on any atom is -0.379 e. The predicted octanol–water partition coefficient (Wildman–Crippen LogP) is 1.65. The number of carbonyl (C=O) groups excluding carboxylic acids is 1. The molecule has 1 saturated heterocycles. The number of rotatable bonds is 4. The van der Waals surface area contributed by atoms with Crippen LogP contribution < -0.4 is 5.32 Å². The molecule has 0 radical (unpaired) electrons. The second-order valence-corrected chi connectivity index (χ2v) is 5.28. The molecule has 0 atom stereocenters. The molecule has 1 heterocycles. The Morgan fingerprint density at radius 2 is 2.11 bits per heavy atom. The molecular weight excluding hydrogens is 315 g/mol. The number of ether oxygens (including phenoxy) is 1. The zero-order valence-electron chi connectivity index (χ0n) is 10.5. The highest BCUT2D eigenvalue weighted by Crippen LogP contribution is 2.14. The number of amides is 1. The summed E-state index contributed by atoms with van der Waals surface area (Å²) >= 11 is 3.17. The van der Waals surface area contributed by atoms with Crippen LogP contribution in [-0.2, 0) is 4.74 Å². The van der Waals surface area contributed by atoms with Gasteiger partial charge in [0, 0.05) is 36.2 Å². The average Bonchev–Trinajstić information content (AvgIpc) is 2.38. The largest absolute Gasteiger partial charge is 0.379 e. The van der Waals surface area contributed by atoms with E-state index in [1.165, 1.54) is 12.1 Å². The number of hydrogen-bond donors (Lipinski definition) is 1. The Morgan fingerprint density at radius 3 is 2.79 bits per heavy atom. The van der Waals surface area contributed by atoms with Gasteiger partial charge in [0.25, 0.3) is 5.91 Å². The number of hydrogen-bond acceptors (Lipinski definition) is 3. The highest BCUT2D eigenvalue weighted by molar-refractivity contribution is 9.10. The molecule has 1 fully saturated rings. The minimum absolute atomic E-state index is 0.256. The molecule has 19 heavy (non-hydrogen) atoms. The Bertz CT molecular complexity index is 430. The fraction of sp³-hybridized carbons (Fsp3) is 0.462. The van der Waals surface area contributed by atoms with E-state index in [9.17, 15) is 9.18 Å². The van der Waals surface area contributed by atoms with Gasteiger partial charge in [-0.1, -0.05) is 15.9 Å². The average molecular weight is 331 g/mol. The van der Waals surface area contributed by atoms with Crippen molar-refractivity contribution in [2.45, 2.75) is 0 Å². The van der Waals surface area contributed by atoms with Crippen molar-refractivity contribution in [2.24, 2.45) is 0 Å². The Balaban J connectivity index is 1.80. The number of nitrogens with zero attached hydrogens (tertiary/aromatic N) is 1. The lowest BCUT2D eigenvalue weighted by Crippen LogP contribution is -2.41. The lowest BCUT2D eigenvalue weighted by molar-refractivity contribution is 0.0383. The number of nitrogens with one attached hydrogen (secondary N) is 1. The van der Waals surface area contributed by atoms with E-state index in [0.717, 1.165) is 32.8 Å². The monoisotopic (exact) mass is 330 g/mol. The number of benzene rings is 1. The molecule has 4 nitrogen and oxygen atoms in total. The van der Waals surface area contributed by atoms with Crippen LogP contribution in [0.5, 0.6) is 0 Å². The molecule has 0 bridgehead atoms. The smallest absolute Gasteiger partial charge is 0.251 e. The summed E-state index contributed by atoms with van der Waals surface area (Å²) in [7, 11) is 0. The third-order valence-electron chi connectivity index (χ3n) is 2.94. The normalized spacial score (nSPS) is 16.3. The molecule has 1 aliphatic heterocycles. The molecule has 1 aromatic rings. The van der Waals surface area contributed by atoms with Gasteiger partial charge in [-0.15, -0.1) is 0 Å². The minimum atomic E-state index is -0.423. The van der Waals surface area contributed by atoms with Gasteiger partial charge < -0.3 is 10.1 Å². The first-order valence-corrected chi connectivity index (χ1v) is 6.99. The lowest BCUT2D eigenvalue weighted by Gasteiger charge is -2.26. The molecule has 1 amide bonds. The van der Waals surface area contributed by atoms with Crippen LogP contribution >= 0.6 is 15.9 Å². The maximum atomic E-state index is 13.2. The van der Waals surface area contributed by atoms with Crippen molar-refractivity contribution >= 4 is 21.8 Å². The van der Waals surface area contributed by atoms with E-state index in [1.807, 2.05) is 0 Å². The first kappa shape index (κ1) is 14.4. The molecule has 2 rings (SSSR count). The molecule has 0 aliphatic carbocycles. The Labute approximate surface area is 120 Å². The molecule has 6 heteroatoms. The van der Waals surface area contributed by atoms with Crippen LogP contribution in [0.1, 0.15) is 10.4 Å². The summed E-state index contributed by atoms with van der Waals surface area (Å²) in [6.07, 6.45) is 0. The molecule has 104 valence electrons.